The topological polar surface area (TPSA) is 12.0 Å². The summed E-state index contributed by atoms with van der Waals surface area (Å²) in [6, 6.07) is 15.8. The second-order valence-electron chi connectivity index (χ2n) is 4.33. The highest BCUT2D eigenvalue weighted by molar-refractivity contribution is 5.85. The van der Waals surface area contributed by atoms with Gasteiger partial charge in [0.25, 0.3) is 0 Å². The second kappa shape index (κ2) is 3.58. The van der Waals surface area contributed by atoms with Crippen molar-refractivity contribution in [3.8, 4) is 0 Å². The molecule has 0 aromatic heterocycles. The van der Waals surface area contributed by atoms with E-state index in [1.807, 2.05) is 0 Å². The minimum Gasteiger partial charge on any atom is -0.382 e. The fraction of sp³-hybridized carbons (Fsp3) is 0.286. The maximum absolute atomic E-state index is 3.57. The van der Waals surface area contributed by atoms with Crippen LogP contribution in [0.2, 0.25) is 0 Å². The summed E-state index contributed by atoms with van der Waals surface area (Å²) in [6.07, 6.45) is 4.03. The molecule has 1 aliphatic carbocycles. The van der Waals surface area contributed by atoms with Crippen molar-refractivity contribution in [1.29, 1.82) is 0 Å². The first kappa shape index (κ1) is 8.78. The quantitative estimate of drug-likeness (QED) is 0.772. The van der Waals surface area contributed by atoms with Gasteiger partial charge in [0.2, 0.25) is 0 Å². The first-order valence-corrected chi connectivity index (χ1v) is 5.67. The maximum Gasteiger partial charge on any atom is 0.0348 e. The van der Waals surface area contributed by atoms with Crippen LogP contribution >= 0.6 is 0 Å². The number of fused-ring (bicyclic) bond motifs is 1. The van der Waals surface area contributed by atoms with Gasteiger partial charge in [-0.3, -0.25) is 0 Å². The molecule has 2 aromatic rings. The molecular formula is C14H15N. The molecule has 0 spiro atoms. The molecule has 0 heterocycles. The third kappa shape index (κ3) is 1.70. The summed E-state index contributed by atoms with van der Waals surface area (Å²) >= 11 is 0. The highest BCUT2D eigenvalue weighted by Gasteiger charge is 2.16. The summed E-state index contributed by atoms with van der Waals surface area (Å²) in [5.41, 5.74) is 1.26. The summed E-state index contributed by atoms with van der Waals surface area (Å²) in [5.74, 6) is 0. The summed E-state index contributed by atoms with van der Waals surface area (Å²) in [4.78, 5) is 0. The Balaban J connectivity index is 1.91. The second-order valence-corrected chi connectivity index (χ2v) is 4.33. The predicted molar refractivity (Wildman–Crippen MR) is 65.2 cm³/mol. The zero-order valence-electron chi connectivity index (χ0n) is 8.74. The van der Waals surface area contributed by atoms with Crippen molar-refractivity contribution in [3.63, 3.8) is 0 Å². The molecule has 0 amide bonds. The van der Waals surface area contributed by atoms with Crippen LogP contribution in [0.4, 0.5) is 5.69 Å². The van der Waals surface area contributed by atoms with Gasteiger partial charge in [0.1, 0.15) is 0 Å². The molecule has 1 aliphatic rings. The number of anilines is 1. The number of benzene rings is 2. The Morgan fingerprint density at radius 1 is 0.933 bits per heavy atom. The van der Waals surface area contributed by atoms with Crippen LogP contribution in [-0.4, -0.2) is 6.04 Å². The van der Waals surface area contributed by atoms with Crippen LogP contribution in [0, 0.1) is 0 Å². The van der Waals surface area contributed by atoms with Crippen LogP contribution in [0.5, 0.6) is 0 Å². The molecule has 0 aliphatic heterocycles. The summed E-state index contributed by atoms with van der Waals surface area (Å²) in [6.45, 7) is 0. The van der Waals surface area contributed by atoms with Gasteiger partial charge in [0.15, 0.2) is 0 Å². The Bertz CT molecular complexity index is 471. The van der Waals surface area contributed by atoms with E-state index in [-0.39, 0.29) is 0 Å². The van der Waals surface area contributed by atoms with Gasteiger partial charge in [-0.05, 0) is 42.2 Å². The average Bonchev–Trinajstić information content (AvgIpc) is 2.23. The summed E-state index contributed by atoms with van der Waals surface area (Å²) in [5, 5.41) is 6.21. The van der Waals surface area contributed by atoms with Gasteiger partial charge in [0.05, 0.1) is 0 Å². The standard InChI is InChI=1S/C14H15N/c1-2-5-12-10-14(9-8-11(12)4-1)15-13-6-3-7-13/h1-2,4-5,8-10,13,15H,3,6-7H2. The van der Waals surface area contributed by atoms with Gasteiger partial charge in [-0.1, -0.05) is 30.3 Å². The van der Waals surface area contributed by atoms with Crippen LogP contribution in [0.15, 0.2) is 42.5 Å². The van der Waals surface area contributed by atoms with Crippen molar-refractivity contribution in [3.05, 3.63) is 42.5 Å². The van der Waals surface area contributed by atoms with Gasteiger partial charge in [-0.15, -0.1) is 0 Å². The first-order valence-electron chi connectivity index (χ1n) is 5.67. The molecule has 15 heavy (non-hydrogen) atoms. The van der Waals surface area contributed by atoms with E-state index in [0.29, 0.717) is 6.04 Å². The van der Waals surface area contributed by atoms with Gasteiger partial charge >= 0.3 is 0 Å². The Labute approximate surface area is 90.1 Å². The van der Waals surface area contributed by atoms with Crippen molar-refractivity contribution in [2.75, 3.05) is 5.32 Å². The third-order valence-electron chi connectivity index (χ3n) is 3.23. The highest BCUT2D eigenvalue weighted by atomic mass is 14.9. The van der Waals surface area contributed by atoms with E-state index >= 15 is 0 Å². The molecule has 0 radical (unpaired) electrons. The lowest BCUT2D eigenvalue weighted by molar-refractivity contribution is 0.445. The smallest absolute Gasteiger partial charge is 0.0348 e. The monoisotopic (exact) mass is 197 g/mol. The van der Waals surface area contributed by atoms with Crippen LogP contribution in [-0.2, 0) is 0 Å². The molecule has 1 saturated carbocycles. The van der Waals surface area contributed by atoms with Crippen LogP contribution in [0.25, 0.3) is 10.8 Å². The van der Waals surface area contributed by atoms with Crippen LogP contribution < -0.4 is 5.32 Å². The van der Waals surface area contributed by atoms with E-state index in [1.165, 1.54) is 35.7 Å². The van der Waals surface area contributed by atoms with Crippen molar-refractivity contribution < 1.29 is 0 Å². The molecule has 1 N–H and O–H groups in total. The first-order chi connectivity index (χ1) is 7.42. The van der Waals surface area contributed by atoms with Gasteiger partial charge in [-0.2, -0.15) is 0 Å². The fourth-order valence-electron chi connectivity index (χ4n) is 2.07. The lowest BCUT2D eigenvalue weighted by atomic mass is 9.93. The Hall–Kier alpha value is -1.50. The van der Waals surface area contributed by atoms with Crippen LogP contribution in [0.1, 0.15) is 19.3 Å². The molecule has 0 bridgehead atoms. The molecule has 0 saturated heterocycles. The zero-order chi connectivity index (χ0) is 10.1. The SMILES string of the molecule is c1ccc2cc(NC3CCC3)ccc2c1. The minimum absolute atomic E-state index is 0.714. The lowest BCUT2D eigenvalue weighted by Gasteiger charge is -2.27. The molecule has 3 rings (SSSR count). The number of rotatable bonds is 2. The van der Waals surface area contributed by atoms with E-state index in [0.717, 1.165) is 0 Å². The van der Waals surface area contributed by atoms with Crippen molar-refractivity contribution in [2.24, 2.45) is 0 Å². The van der Waals surface area contributed by atoms with E-state index in [2.05, 4.69) is 47.8 Å². The van der Waals surface area contributed by atoms with Crippen molar-refractivity contribution >= 4 is 16.5 Å². The molecule has 1 heteroatoms. The van der Waals surface area contributed by atoms with Crippen molar-refractivity contribution in [1.82, 2.24) is 0 Å². The van der Waals surface area contributed by atoms with E-state index in [9.17, 15) is 0 Å². The van der Waals surface area contributed by atoms with Crippen molar-refractivity contribution in [2.45, 2.75) is 25.3 Å². The maximum atomic E-state index is 3.57. The summed E-state index contributed by atoms with van der Waals surface area (Å²) in [7, 11) is 0. The molecular weight excluding hydrogens is 182 g/mol. The van der Waals surface area contributed by atoms with Gasteiger partial charge < -0.3 is 5.32 Å². The average molecular weight is 197 g/mol. The molecule has 2 aromatic carbocycles. The normalized spacial score (nSPS) is 16.3. The molecule has 76 valence electrons. The highest BCUT2D eigenvalue weighted by Crippen LogP contribution is 2.25. The Morgan fingerprint density at radius 2 is 1.73 bits per heavy atom. The van der Waals surface area contributed by atoms with E-state index in [1.54, 1.807) is 0 Å². The molecule has 1 nitrogen and oxygen atoms in total. The summed E-state index contributed by atoms with van der Waals surface area (Å²) < 4.78 is 0. The van der Waals surface area contributed by atoms with E-state index < -0.39 is 0 Å². The number of hydrogen-bond donors (Lipinski definition) is 1. The van der Waals surface area contributed by atoms with Gasteiger partial charge in [-0.25, -0.2) is 0 Å². The van der Waals surface area contributed by atoms with Gasteiger partial charge in [0, 0.05) is 11.7 Å². The fourth-order valence-corrected chi connectivity index (χ4v) is 2.07. The molecule has 0 unspecified atom stereocenters. The number of nitrogens with one attached hydrogen (secondary N) is 1. The Kier molecular flexibility index (Phi) is 2.09. The van der Waals surface area contributed by atoms with E-state index in [4.69, 9.17) is 0 Å². The van der Waals surface area contributed by atoms with Crippen LogP contribution in [0.3, 0.4) is 0 Å². The predicted octanol–water partition coefficient (Wildman–Crippen LogP) is 3.80. The number of hydrogen-bond acceptors (Lipinski definition) is 1. The largest absolute Gasteiger partial charge is 0.382 e. The lowest BCUT2D eigenvalue weighted by Crippen LogP contribution is -2.26. The third-order valence-corrected chi connectivity index (χ3v) is 3.23. The molecule has 0 atom stereocenters. The Morgan fingerprint density at radius 3 is 2.47 bits per heavy atom. The molecule has 1 fully saturated rings. The minimum atomic E-state index is 0.714. The zero-order valence-corrected chi connectivity index (χ0v) is 8.74.